The third kappa shape index (κ3) is 63.8. The van der Waals surface area contributed by atoms with Crippen molar-refractivity contribution < 1.29 is 37.3 Å². The molecule has 0 spiro atoms. The van der Waals surface area contributed by atoms with Crippen LogP contribution in [0.3, 0.4) is 0 Å². The fraction of sp³-hybridized carbons (Fsp3) is 0.808. The zero-order valence-electron chi connectivity index (χ0n) is 55.4. The number of ether oxygens (including phenoxy) is 1. The van der Waals surface area contributed by atoms with E-state index in [-0.39, 0.29) is 24.9 Å². The molecule has 1 amide bonds. The molecule has 484 valence electrons. The highest BCUT2D eigenvalue weighted by Crippen LogP contribution is 2.38. The van der Waals surface area contributed by atoms with E-state index in [4.69, 9.17) is 13.8 Å². The third-order valence-electron chi connectivity index (χ3n) is 15.6. The molecule has 0 aromatic rings. The first kappa shape index (κ1) is 80.5. The summed E-state index contributed by atoms with van der Waals surface area (Å²) in [5.74, 6) is -0.538. The fourth-order valence-electron chi connectivity index (χ4n) is 10.1. The Bertz CT molecular complexity index is 1650. The van der Waals surface area contributed by atoms with Gasteiger partial charge in [-0.05, 0) is 102 Å². The van der Waals surface area contributed by atoms with E-state index < -0.39 is 26.6 Å². The largest absolute Gasteiger partial charge is 0.756 e. The number of nitrogens with zero attached hydrogens (tertiary/aromatic N) is 1. The molecule has 0 heterocycles. The molecule has 3 unspecified atom stereocenters. The van der Waals surface area contributed by atoms with Crippen LogP contribution >= 0.6 is 7.82 Å². The van der Waals surface area contributed by atoms with Crippen LogP contribution in [0.4, 0.5) is 0 Å². The van der Waals surface area contributed by atoms with Crippen LogP contribution in [-0.4, -0.2) is 69.4 Å². The van der Waals surface area contributed by atoms with Crippen LogP contribution in [0.5, 0.6) is 0 Å². The first-order valence-corrected chi connectivity index (χ1v) is 36.7. The summed E-state index contributed by atoms with van der Waals surface area (Å²) in [4.78, 5) is 40.2. The molecule has 0 rings (SSSR count). The first-order chi connectivity index (χ1) is 40.4. The SMILES string of the molecule is CCCCC/C=C\C/C=C\C/C=C\CCCCCCCCCCCCC(=O)OC(/C=C/CCCCCCCCCCCCC)C(COP(=O)([O-])OCC[N+](C)(C)C)NC(=O)CCCCCCCCCCCCC/C=C\C/C=C\CCCCC. The second-order valence-electron chi connectivity index (χ2n) is 25.0. The van der Waals surface area contributed by atoms with Gasteiger partial charge in [-0.3, -0.25) is 14.2 Å². The Morgan fingerprint density at radius 3 is 1.12 bits per heavy atom. The van der Waals surface area contributed by atoms with E-state index in [1.807, 2.05) is 33.3 Å². The molecular formula is C73H135N2O7P. The standard InChI is InChI=1S/C73H135N2O7P/c1-7-10-13-16-19-22-25-28-30-32-34-36-37-39-41-43-45-48-51-54-57-60-63-66-73(77)82-71(64-61-58-55-52-49-46-27-24-21-18-15-12-9-3)70(69-81-83(78,79)80-68-67-75(4,5)6)74-72(76)65-62-59-56-53-50-47-44-42-40-38-35-33-31-29-26-23-20-17-14-11-8-2/h19-20,22-23,28-31,34,36,61,64,70-71H,7-18,21,24-27,32-33,35,37-60,62-63,65-69H2,1-6H3,(H-,74,76,78,79)/b22-19-,23-20-,30-28-,31-29-,36-34-,64-61+. The van der Waals surface area contributed by atoms with Crippen molar-refractivity contribution in [3.8, 4) is 0 Å². The summed E-state index contributed by atoms with van der Waals surface area (Å²) >= 11 is 0. The molecule has 10 heteroatoms. The normalized spacial score (nSPS) is 14.0. The van der Waals surface area contributed by atoms with Gasteiger partial charge >= 0.3 is 5.97 Å². The summed E-state index contributed by atoms with van der Waals surface area (Å²) in [6, 6.07) is -0.894. The lowest BCUT2D eigenvalue weighted by Gasteiger charge is -2.30. The molecule has 0 fully saturated rings. The van der Waals surface area contributed by atoms with Crippen LogP contribution in [0.2, 0.25) is 0 Å². The number of amides is 1. The van der Waals surface area contributed by atoms with Crippen LogP contribution in [0.25, 0.3) is 0 Å². The maximum atomic E-state index is 13.6. The number of esters is 1. The number of allylic oxidation sites excluding steroid dienone is 11. The topological polar surface area (TPSA) is 114 Å². The highest BCUT2D eigenvalue weighted by molar-refractivity contribution is 7.45. The molecule has 1 N–H and O–H groups in total. The number of phosphoric ester groups is 1. The van der Waals surface area contributed by atoms with Crippen LogP contribution in [-0.2, 0) is 27.9 Å². The van der Waals surface area contributed by atoms with Crippen molar-refractivity contribution in [2.45, 2.75) is 341 Å². The molecule has 9 nitrogen and oxygen atoms in total. The summed E-state index contributed by atoms with van der Waals surface area (Å²) in [6.45, 7) is 6.82. The zero-order chi connectivity index (χ0) is 60.7. The third-order valence-corrected chi connectivity index (χ3v) is 16.6. The van der Waals surface area contributed by atoms with Gasteiger partial charge in [0.2, 0.25) is 5.91 Å². The molecule has 3 atom stereocenters. The van der Waals surface area contributed by atoms with Gasteiger partial charge < -0.3 is 28.5 Å². The van der Waals surface area contributed by atoms with Gasteiger partial charge in [0.15, 0.2) is 0 Å². The number of nitrogens with one attached hydrogen (secondary N) is 1. The Kier molecular flexibility index (Phi) is 60.6. The van der Waals surface area contributed by atoms with Crippen molar-refractivity contribution in [2.75, 3.05) is 40.9 Å². The van der Waals surface area contributed by atoms with E-state index in [9.17, 15) is 19.0 Å². The van der Waals surface area contributed by atoms with Crippen molar-refractivity contribution in [3.63, 3.8) is 0 Å². The average molecular weight is 1180 g/mol. The number of hydrogen-bond donors (Lipinski definition) is 1. The number of carbonyl (C=O) groups is 2. The Hall–Kier alpha value is -2.55. The van der Waals surface area contributed by atoms with Gasteiger partial charge in [-0.1, -0.05) is 287 Å². The molecule has 0 aliphatic rings. The predicted octanol–water partition coefficient (Wildman–Crippen LogP) is 21.7. The van der Waals surface area contributed by atoms with Crippen LogP contribution in [0.15, 0.2) is 72.9 Å². The molecular weight excluding hydrogens is 1050 g/mol. The summed E-state index contributed by atoms with van der Waals surface area (Å²) in [7, 11) is 1.18. The monoisotopic (exact) mass is 1180 g/mol. The number of quaternary nitrogens is 1. The summed E-state index contributed by atoms with van der Waals surface area (Å²) < 4.78 is 30.5. The predicted molar refractivity (Wildman–Crippen MR) is 358 cm³/mol. The number of unbranched alkanes of at least 4 members (excludes halogenated alkanes) is 38. The van der Waals surface area contributed by atoms with Gasteiger partial charge in [0.1, 0.15) is 19.3 Å². The van der Waals surface area contributed by atoms with Crippen molar-refractivity contribution >= 4 is 19.7 Å². The first-order valence-electron chi connectivity index (χ1n) is 35.2. The summed E-state index contributed by atoms with van der Waals surface area (Å²) in [5.41, 5.74) is 0. The molecule has 0 aliphatic carbocycles. The molecule has 0 saturated carbocycles. The van der Waals surface area contributed by atoms with Crippen LogP contribution in [0.1, 0.15) is 329 Å². The average Bonchev–Trinajstić information content (AvgIpc) is 3.47. The minimum Gasteiger partial charge on any atom is -0.756 e. The molecule has 0 radical (unpaired) electrons. The fourth-order valence-corrected chi connectivity index (χ4v) is 10.9. The molecule has 83 heavy (non-hydrogen) atoms. The van der Waals surface area contributed by atoms with Crippen molar-refractivity contribution in [2.24, 2.45) is 0 Å². The second-order valence-corrected chi connectivity index (χ2v) is 26.4. The number of likely N-dealkylation sites (N-methyl/N-ethyl adjacent to an activating group) is 1. The van der Waals surface area contributed by atoms with Crippen molar-refractivity contribution in [1.82, 2.24) is 5.32 Å². The van der Waals surface area contributed by atoms with Crippen LogP contribution in [0, 0.1) is 0 Å². The minimum absolute atomic E-state index is 0.0245. The van der Waals surface area contributed by atoms with E-state index in [1.165, 1.54) is 218 Å². The summed E-state index contributed by atoms with van der Waals surface area (Å²) in [6.07, 6.45) is 81.5. The van der Waals surface area contributed by atoms with Gasteiger partial charge in [0.05, 0.1) is 33.8 Å². The second kappa shape index (κ2) is 62.5. The van der Waals surface area contributed by atoms with Gasteiger partial charge in [-0.15, -0.1) is 0 Å². The van der Waals surface area contributed by atoms with Gasteiger partial charge in [-0.25, -0.2) is 0 Å². The number of rotatable bonds is 64. The van der Waals surface area contributed by atoms with Gasteiger partial charge in [0.25, 0.3) is 7.82 Å². The number of phosphoric acid groups is 1. The van der Waals surface area contributed by atoms with E-state index in [2.05, 4.69) is 86.8 Å². The van der Waals surface area contributed by atoms with E-state index >= 15 is 0 Å². The quantitative estimate of drug-likeness (QED) is 0.0212. The molecule has 0 aliphatic heterocycles. The molecule has 0 bridgehead atoms. The smallest absolute Gasteiger partial charge is 0.306 e. The van der Waals surface area contributed by atoms with Crippen molar-refractivity contribution in [3.05, 3.63) is 72.9 Å². The number of carbonyl (C=O) groups excluding carboxylic acids is 2. The molecule has 0 aromatic heterocycles. The maximum absolute atomic E-state index is 13.6. The lowest BCUT2D eigenvalue weighted by molar-refractivity contribution is -0.870. The lowest BCUT2D eigenvalue weighted by Crippen LogP contribution is -2.47. The Morgan fingerprint density at radius 2 is 0.735 bits per heavy atom. The van der Waals surface area contributed by atoms with E-state index in [0.717, 1.165) is 77.0 Å². The van der Waals surface area contributed by atoms with E-state index in [0.29, 0.717) is 17.4 Å². The lowest BCUT2D eigenvalue weighted by atomic mass is 10.0. The Morgan fingerprint density at radius 1 is 0.422 bits per heavy atom. The van der Waals surface area contributed by atoms with Crippen LogP contribution < -0.4 is 10.2 Å². The Labute approximate surface area is 514 Å². The zero-order valence-corrected chi connectivity index (χ0v) is 56.3. The number of hydrogen-bond acceptors (Lipinski definition) is 7. The van der Waals surface area contributed by atoms with E-state index in [1.54, 1.807) is 0 Å². The highest BCUT2D eigenvalue weighted by Gasteiger charge is 2.27. The van der Waals surface area contributed by atoms with Crippen molar-refractivity contribution in [1.29, 1.82) is 0 Å². The van der Waals surface area contributed by atoms with Gasteiger partial charge in [-0.2, -0.15) is 0 Å². The highest BCUT2D eigenvalue weighted by atomic mass is 31.2. The maximum Gasteiger partial charge on any atom is 0.306 e. The summed E-state index contributed by atoms with van der Waals surface area (Å²) in [5, 5.41) is 3.04. The minimum atomic E-state index is -4.71. The molecule has 0 saturated heterocycles. The Balaban J connectivity index is 5.14. The van der Waals surface area contributed by atoms with Gasteiger partial charge in [0, 0.05) is 12.8 Å². The molecule has 0 aromatic carbocycles.